The SMILES string of the molecule is CC1CCC1CC/C(O)=C/C(=O)CC1CCCCC1. The van der Waals surface area contributed by atoms with E-state index in [1.165, 1.54) is 51.0 Å². The summed E-state index contributed by atoms with van der Waals surface area (Å²) in [7, 11) is 0. The van der Waals surface area contributed by atoms with Crippen LogP contribution in [0.1, 0.15) is 71.1 Å². The third-order valence-electron chi connectivity index (χ3n) is 5.11. The van der Waals surface area contributed by atoms with Crippen molar-refractivity contribution in [3.8, 4) is 0 Å². The molecule has 0 aromatic rings. The number of carbonyl (C=O) groups is 1. The van der Waals surface area contributed by atoms with Crippen molar-refractivity contribution in [2.45, 2.75) is 71.1 Å². The van der Waals surface area contributed by atoms with Gasteiger partial charge in [0, 0.05) is 18.9 Å². The molecular formula is C17H28O2. The first-order valence-corrected chi connectivity index (χ1v) is 8.07. The number of rotatable bonds is 6. The average molecular weight is 264 g/mol. The van der Waals surface area contributed by atoms with Gasteiger partial charge in [0.15, 0.2) is 5.78 Å². The van der Waals surface area contributed by atoms with Crippen molar-refractivity contribution in [3.05, 3.63) is 11.8 Å². The lowest BCUT2D eigenvalue weighted by Gasteiger charge is -2.33. The topological polar surface area (TPSA) is 37.3 Å². The molecule has 0 aliphatic heterocycles. The van der Waals surface area contributed by atoms with Crippen molar-refractivity contribution < 1.29 is 9.90 Å². The fourth-order valence-corrected chi connectivity index (χ4v) is 3.49. The summed E-state index contributed by atoms with van der Waals surface area (Å²) in [5.41, 5.74) is 0. The van der Waals surface area contributed by atoms with Crippen molar-refractivity contribution in [2.24, 2.45) is 17.8 Å². The van der Waals surface area contributed by atoms with E-state index in [1.807, 2.05) is 0 Å². The predicted octanol–water partition coefficient (Wildman–Crippen LogP) is 4.79. The second-order valence-electron chi connectivity index (χ2n) is 6.66. The molecule has 0 aromatic heterocycles. The Labute approximate surface area is 117 Å². The molecule has 0 aromatic carbocycles. The zero-order valence-electron chi connectivity index (χ0n) is 12.2. The Morgan fingerprint density at radius 1 is 1.16 bits per heavy atom. The molecule has 2 unspecified atom stereocenters. The van der Waals surface area contributed by atoms with Gasteiger partial charge in [0.1, 0.15) is 0 Å². The first-order chi connectivity index (χ1) is 9.15. The standard InChI is InChI=1S/C17H28O2/c1-13-7-8-15(13)9-10-16(18)12-17(19)11-14-5-3-2-4-6-14/h12-15,18H,2-11H2,1H3/b16-12-. The van der Waals surface area contributed by atoms with Crippen molar-refractivity contribution in [3.63, 3.8) is 0 Å². The summed E-state index contributed by atoms with van der Waals surface area (Å²) in [5, 5.41) is 9.84. The highest BCUT2D eigenvalue weighted by molar-refractivity contribution is 5.90. The molecule has 2 saturated carbocycles. The van der Waals surface area contributed by atoms with Crippen LogP contribution < -0.4 is 0 Å². The molecular weight excluding hydrogens is 236 g/mol. The maximum atomic E-state index is 11.9. The molecule has 0 amide bonds. The number of hydrogen-bond acceptors (Lipinski definition) is 2. The molecule has 2 aliphatic rings. The molecule has 1 N–H and O–H groups in total. The zero-order chi connectivity index (χ0) is 13.7. The Kier molecular flexibility index (Phi) is 5.47. The lowest BCUT2D eigenvalue weighted by Crippen LogP contribution is -2.22. The highest BCUT2D eigenvalue weighted by Crippen LogP contribution is 2.37. The van der Waals surface area contributed by atoms with Crippen molar-refractivity contribution in [2.75, 3.05) is 0 Å². The summed E-state index contributed by atoms with van der Waals surface area (Å²) in [5.74, 6) is 2.58. The maximum absolute atomic E-state index is 11.9. The fourth-order valence-electron chi connectivity index (χ4n) is 3.49. The molecule has 108 valence electrons. The first kappa shape index (κ1) is 14.6. The van der Waals surface area contributed by atoms with Gasteiger partial charge in [-0.1, -0.05) is 45.4 Å². The van der Waals surface area contributed by atoms with Gasteiger partial charge >= 0.3 is 0 Å². The minimum Gasteiger partial charge on any atom is -0.512 e. The lowest BCUT2D eigenvalue weighted by atomic mass is 9.72. The van der Waals surface area contributed by atoms with Crippen LogP contribution in [0.3, 0.4) is 0 Å². The molecule has 0 heterocycles. The van der Waals surface area contributed by atoms with Gasteiger partial charge in [0.2, 0.25) is 0 Å². The Morgan fingerprint density at radius 2 is 1.89 bits per heavy atom. The quantitative estimate of drug-likeness (QED) is 0.553. The van der Waals surface area contributed by atoms with Crippen LogP contribution >= 0.6 is 0 Å². The molecule has 2 rings (SSSR count). The first-order valence-electron chi connectivity index (χ1n) is 8.07. The number of aliphatic hydroxyl groups excluding tert-OH is 1. The van der Waals surface area contributed by atoms with Gasteiger partial charge in [-0.2, -0.15) is 0 Å². The highest BCUT2D eigenvalue weighted by atomic mass is 16.3. The van der Waals surface area contributed by atoms with E-state index in [4.69, 9.17) is 0 Å². The number of carbonyl (C=O) groups excluding carboxylic acids is 1. The molecule has 2 aliphatic carbocycles. The van der Waals surface area contributed by atoms with Crippen LogP contribution in [-0.4, -0.2) is 10.9 Å². The third-order valence-corrected chi connectivity index (χ3v) is 5.11. The van der Waals surface area contributed by atoms with Crippen molar-refractivity contribution >= 4 is 5.78 Å². The average Bonchev–Trinajstić information content (AvgIpc) is 2.38. The van der Waals surface area contributed by atoms with E-state index in [1.54, 1.807) is 0 Å². The molecule has 2 atom stereocenters. The van der Waals surface area contributed by atoms with Crippen LogP contribution in [0.5, 0.6) is 0 Å². The van der Waals surface area contributed by atoms with Gasteiger partial charge in [-0.3, -0.25) is 4.79 Å². The van der Waals surface area contributed by atoms with Gasteiger partial charge in [-0.15, -0.1) is 0 Å². The molecule has 19 heavy (non-hydrogen) atoms. The Bertz CT molecular complexity index is 326. The predicted molar refractivity (Wildman–Crippen MR) is 78.0 cm³/mol. The third kappa shape index (κ3) is 4.67. The van der Waals surface area contributed by atoms with E-state index in [0.29, 0.717) is 24.5 Å². The molecule has 0 radical (unpaired) electrons. The van der Waals surface area contributed by atoms with E-state index in [-0.39, 0.29) is 5.78 Å². The zero-order valence-corrected chi connectivity index (χ0v) is 12.2. The van der Waals surface area contributed by atoms with E-state index < -0.39 is 0 Å². The second-order valence-corrected chi connectivity index (χ2v) is 6.66. The van der Waals surface area contributed by atoms with E-state index >= 15 is 0 Å². The van der Waals surface area contributed by atoms with Crippen LogP contribution in [-0.2, 0) is 4.79 Å². The van der Waals surface area contributed by atoms with E-state index in [2.05, 4.69) is 6.92 Å². The van der Waals surface area contributed by atoms with Gasteiger partial charge in [0.25, 0.3) is 0 Å². The van der Waals surface area contributed by atoms with Gasteiger partial charge in [0.05, 0.1) is 5.76 Å². The number of ketones is 1. The number of aliphatic hydroxyl groups is 1. The maximum Gasteiger partial charge on any atom is 0.159 e. The smallest absolute Gasteiger partial charge is 0.159 e. The van der Waals surface area contributed by atoms with Crippen molar-refractivity contribution in [1.29, 1.82) is 0 Å². The Hall–Kier alpha value is -0.790. The van der Waals surface area contributed by atoms with Crippen LogP contribution in [0.25, 0.3) is 0 Å². The summed E-state index contributed by atoms with van der Waals surface area (Å²) < 4.78 is 0. The van der Waals surface area contributed by atoms with E-state index in [9.17, 15) is 9.90 Å². The van der Waals surface area contributed by atoms with Crippen molar-refractivity contribution in [1.82, 2.24) is 0 Å². The Balaban J connectivity index is 1.67. The van der Waals surface area contributed by atoms with Crippen LogP contribution in [0, 0.1) is 17.8 Å². The highest BCUT2D eigenvalue weighted by Gasteiger charge is 2.26. The summed E-state index contributed by atoms with van der Waals surface area (Å²) in [6.07, 6.45) is 12.7. The van der Waals surface area contributed by atoms with Gasteiger partial charge < -0.3 is 5.11 Å². The summed E-state index contributed by atoms with van der Waals surface area (Å²) in [4.78, 5) is 11.9. The summed E-state index contributed by atoms with van der Waals surface area (Å²) in [6, 6.07) is 0. The minimum absolute atomic E-state index is 0.131. The number of allylic oxidation sites excluding steroid dienone is 2. The monoisotopic (exact) mass is 264 g/mol. The van der Waals surface area contributed by atoms with Crippen LogP contribution in [0.15, 0.2) is 11.8 Å². The molecule has 0 spiro atoms. The van der Waals surface area contributed by atoms with Gasteiger partial charge in [-0.25, -0.2) is 0 Å². The molecule has 2 nitrogen and oxygen atoms in total. The van der Waals surface area contributed by atoms with Crippen LogP contribution in [0.4, 0.5) is 0 Å². The van der Waals surface area contributed by atoms with E-state index in [0.717, 1.165) is 18.3 Å². The summed E-state index contributed by atoms with van der Waals surface area (Å²) in [6.45, 7) is 2.28. The lowest BCUT2D eigenvalue weighted by molar-refractivity contribution is -0.115. The molecule has 0 saturated heterocycles. The number of hydrogen-bond donors (Lipinski definition) is 1. The van der Waals surface area contributed by atoms with Gasteiger partial charge in [-0.05, 0) is 30.6 Å². The normalized spacial score (nSPS) is 29.0. The summed E-state index contributed by atoms with van der Waals surface area (Å²) >= 11 is 0. The van der Waals surface area contributed by atoms with Crippen LogP contribution in [0.2, 0.25) is 0 Å². The molecule has 2 fully saturated rings. The molecule has 2 heteroatoms. The Morgan fingerprint density at radius 3 is 2.47 bits per heavy atom. The minimum atomic E-state index is 0.131. The molecule has 0 bridgehead atoms. The fraction of sp³-hybridized carbons (Fsp3) is 0.824. The largest absolute Gasteiger partial charge is 0.512 e. The second kappa shape index (κ2) is 7.12.